The van der Waals surface area contributed by atoms with Gasteiger partial charge in [-0.1, -0.05) is 43.3 Å². The molecule has 3 heteroatoms. The lowest BCUT2D eigenvalue weighted by Crippen LogP contribution is -2.41. The molecule has 3 rings (SSSR count). The summed E-state index contributed by atoms with van der Waals surface area (Å²) in [6.45, 7) is 1.90. The van der Waals surface area contributed by atoms with E-state index < -0.39 is 0 Å². The molecule has 0 bridgehead atoms. The van der Waals surface area contributed by atoms with Gasteiger partial charge in [-0.2, -0.15) is 0 Å². The summed E-state index contributed by atoms with van der Waals surface area (Å²) in [4.78, 5) is 12.2. The highest BCUT2D eigenvalue weighted by Crippen LogP contribution is 2.36. The number of nitrogens with zero attached hydrogens (tertiary/aromatic N) is 2. The van der Waals surface area contributed by atoms with Gasteiger partial charge in [-0.05, 0) is 36.1 Å². The van der Waals surface area contributed by atoms with Crippen molar-refractivity contribution in [2.45, 2.75) is 26.2 Å². The second-order valence-corrected chi connectivity index (χ2v) is 5.34. The van der Waals surface area contributed by atoms with Crippen LogP contribution in [0.2, 0.25) is 0 Å². The number of benzene rings is 2. The quantitative estimate of drug-likeness (QED) is 0.837. The van der Waals surface area contributed by atoms with Crippen LogP contribution >= 0.6 is 0 Å². The normalized spacial score (nSPS) is 13.1. The SMILES string of the molecule is CCC(=O)N(C)N1c2ccccc2CCc2ccccc21. The molecule has 108 valence electrons. The maximum absolute atomic E-state index is 12.2. The van der Waals surface area contributed by atoms with E-state index in [4.69, 9.17) is 0 Å². The Labute approximate surface area is 125 Å². The number of rotatable bonds is 2. The number of hydrogen-bond acceptors (Lipinski definition) is 2. The first-order valence-corrected chi connectivity index (χ1v) is 7.44. The first kappa shape index (κ1) is 13.7. The molecular formula is C18H20N2O. The van der Waals surface area contributed by atoms with Crippen molar-refractivity contribution in [3.8, 4) is 0 Å². The van der Waals surface area contributed by atoms with Crippen molar-refractivity contribution in [2.24, 2.45) is 0 Å². The lowest BCUT2D eigenvalue weighted by Gasteiger charge is -2.34. The maximum Gasteiger partial charge on any atom is 0.240 e. The highest BCUT2D eigenvalue weighted by molar-refractivity contribution is 5.82. The summed E-state index contributed by atoms with van der Waals surface area (Å²) >= 11 is 0. The average Bonchev–Trinajstić information content (AvgIpc) is 2.70. The fourth-order valence-corrected chi connectivity index (χ4v) is 2.92. The van der Waals surface area contributed by atoms with Crippen molar-refractivity contribution in [2.75, 3.05) is 12.1 Å². The summed E-state index contributed by atoms with van der Waals surface area (Å²) in [6, 6.07) is 16.7. The number of hydrazine groups is 1. The largest absolute Gasteiger partial charge is 0.273 e. The zero-order chi connectivity index (χ0) is 14.8. The highest BCUT2D eigenvalue weighted by atomic mass is 16.2. The smallest absolute Gasteiger partial charge is 0.240 e. The van der Waals surface area contributed by atoms with Gasteiger partial charge in [-0.3, -0.25) is 14.8 Å². The van der Waals surface area contributed by atoms with E-state index in [0.717, 1.165) is 24.2 Å². The second-order valence-electron chi connectivity index (χ2n) is 5.34. The van der Waals surface area contributed by atoms with Crippen LogP contribution in [0.3, 0.4) is 0 Å². The number of hydrogen-bond donors (Lipinski definition) is 0. The Morgan fingerprint density at radius 3 is 1.95 bits per heavy atom. The van der Waals surface area contributed by atoms with Gasteiger partial charge in [0.1, 0.15) is 0 Å². The van der Waals surface area contributed by atoms with Gasteiger partial charge in [0.15, 0.2) is 0 Å². The van der Waals surface area contributed by atoms with Gasteiger partial charge in [0, 0.05) is 13.5 Å². The van der Waals surface area contributed by atoms with Crippen molar-refractivity contribution in [3.05, 3.63) is 59.7 Å². The molecule has 0 aromatic heterocycles. The monoisotopic (exact) mass is 280 g/mol. The Balaban J connectivity index is 2.17. The van der Waals surface area contributed by atoms with Crippen molar-refractivity contribution < 1.29 is 4.79 Å². The standard InChI is InChI=1S/C18H20N2O/c1-3-18(21)19(2)20-16-10-6-4-8-14(16)12-13-15-9-5-7-11-17(15)20/h4-11H,3,12-13H2,1-2H3. The first-order chi connectivity index (χ1) is 10.2. The third-order valence-corrected chi connectivity index (χ3v) is 4.07. The van der Waals surface area contributed by atoms with E-state index in [1.54, 1.807) is 5.01 Å². The Morgan fingerprint density at radius 1 is 1.00 bits per heavy atom. The van der Waals surface area contributed by atoms with Gasteiger partial charge in [0.25, 0.3) is 0 Å². The van der Waals surface area contributed by atoms with Gasteiger partial charge in [0.05, 0.1) is 11.4 Å². The zero-order valence-electron chi connectivity index (χ0n) is 12.5. The van der Waals surface area contributed by atoms with Crippen molar-refractivity contribution >= 4 is 17.3 Å². The molecule has 0 N–H and O–H groups in total. The molecule has 2 aromatic carbocycles. The molecule has 21 heavy (non-hydrogen) atoms. The van der Waals surface area contributed by atoms with Crippen LogP contribution in [0.1, 0.15) is 24.5 Å². The van der Waals surface area contributed by atoms with E-state index in [9.17, 15) is 4.79 Å². The van der Waals surface area contributed by atoms with Gasteiger partial charge < -0.3 is 0 Å². The van der Waals surface area contributed by atoms with Gasteiger partial charge in [-0.15, -0.1) is 0 Å². The summed E-state index contributed by atoms with van der Waals surface area (Å²) in [5.74, 6) is 0.113. The molecule has 1 heterocycles. The van der Waals surface area contributed by atoms with Crippen molar-refractivity contribution in [3.63, 3.8) is 0 Å². The molecule has 1 aliphatic rings. The Hall–Kier alpha value is -2.29. The van der Waals surface area contributed by atoms with Crippen LogP contribution in [-0.4, -0.2) is 18.0 Å². The van der Waals surface area contributed by atoms with Crippen LogP contribution in [0.25, 0.3) is 0 Å². The van der Waals surface area contributed by atoms with E-state index in [1.807, 2.05) is 26.1 Å². The topological polar surface area (TPSA) is 23.6 Å². The van der Waals surface area contributed by atoms with Gasteiger partial charge >= 0.3 is 0 Å². The Bertz CT molecular complexity index is 618. The van der Waals surface area contributed by atoms with Crippen molar-refractivity contribution in [1.82, 2.24) is 5.01 Å². The van der Waals surface area contributed by atoms with Crippen LogP contribution in [0, 0.1) is 0 Å². The molecule has 0 unspecified atom stereocenters. The Kier molecular flexibility index (Phi) is 3.65. The number of para-hydroxylation sites is 2. The molecule has 1 aliphatic heterocycles. The predicted octanol–water partition coefficient (Wildman–Crippen LogP) is 3.71. The van der Waals surface area contributed by atoms with Crippen LogP contribution in [0.4, 0.5) is 11.4 Å². The average molecular weight is 280 g/mol. The molecule has 1 amide bonds. The number of carbonyl (C=O) groups excluding carboxylic acids is 1. The maximum atomic E-state index is 12.2. The molecule has 2 aromatic rings. The fraction of sp³-hybridized carbons (Fsp3) is 0.278. The number of amides is 1. The number of anilines is 2. The summed E-state index contributed by atoms with van der Waals surface area (Å²) in [6.07, 6.45) is 2.49. The zero-order valence-corrected chi connectivity index (χ0v) is 12.5. The molecular weight excluding hydrogens is 260 g/mol. The predicted molar refractivity (Wildman–Crippen MR) is 85.5 cm³/mol. The van der Waals surface area contributed by atoms with E-state index in [0.29, 0.717) is 6.42 Å². The third-order valence-electron chi connectivity index (χ3n) is 4.07. The van der Waals surface area contributed by atoms with Crippen LogP contribution in [0.5, 0.6) is 0 Å². The molecule has 0 spiro atoms. The second kappa shape index (κ2) is 5.60. The third kappa shape index (κ3) is 2.40. The van der Waals surface area contributed by atoms with Crippen LogP contribution in [-0.2, 0) is 17.6 Å². The number of aryl methyl sites for hydroxylation is 2. The van der Waals surface area contributed by atoms with Gasteiger partial charge in [-0.25, -0.2) is 0 Å². The highest BCUT2D eigenvalue weighted by Gasteiger charge is 2.25. The van der Waals surface area contributed by atoms with Gasteiger partial charge in [0.2, 0.25) is 5.91 Å². The molecule has 0 aliphatic carbocycles. The lowest BCUT2D eigenvalue weighted by molar-refractivity contribution is -0.129. The number of carbonyl (C=O) groups is 1. The van der Waals surface area contributed by atoms with E-state index >= 15 is 0 Å². The first-order valence-electron chi connectivity index (χ1n) is 7.44. The van der Waals surface area contributed by atoms with Crippen LogP contribution in [0.15, 0.2) is 48.5 Å². The van der Waals surface area contributed by atoms with E-state index in [2.05, 4.69) is 41.4 Å². The van der Waals surface area contributed by atoms with E-state index in [1.165, 1.54) is 11.1 Å². The Morgan fingerprint density at radius 2 is 1.48 bits per heavy atom. The molecule has 0 saturated heterocycles. The molecule has 3 nitrogen and oxygen atoms in total. The summed E-state index contributed by atoms with van der Waals surface area (Å²) < 4.78 is 0. The molecule has 0 fully saturated rings. The summed E-state index contributed by atoms with van der Waals surface area (Å²) in [5, 5.41) is 3.80. The minimum Gasteiger partial charge on any atom is -0.273 e. The van der Waals surface area contributed by atoms with E-state index in [-0.39, 0.29) is 5.91 Å². The lowest BCUT2D eigenvalue weighted by atomic mass is 10.0. The summed E-state index contributed by atoms with van der Waals surface area (Å²) in [7, 11) is 1.85. The fourth-order valence-electron chi connectivity index (χ4n) is 2.92. The minimum absolute atomic E-state index is 0.113. The molecule has 0 atom stereocenters. The summed E-state index contributed by atoms with van der Waals surface area (Å²) in [5.41, 5.74) is 4.77. The molecule has 0 radical (unpaired) electrons. The molecule has 0 saturated carbocycles. The minimum atomic E-state index is 0.113. The van der Waals surface area contributed by atoms with Crippen molar-refractivity contribution in [1.29, 1.82) is 0 Å². The van der Waals surface area contributed by atoms with Crippen LogP contribution < -0.4 is 5.01 Å². The number of fused-ring (bicyclic) bond motifs is 2.